The van der Waals surface area contributed by atoms with Gasteiger partial charge in [-0.1, -0.05) is 23.7 Å². The van der Waals surface area contributed by atoms with Crippen molar-refractivity contribution in [3.63, 3.8) is 0 Å². The maximum Gasteiger partial charge on any atom is 0.266 e. The molecule has 2 aliphatic rings. The summed E-state index contributed by atoms with van der Waals surface area (Å²) in [4.78, 5) is 51.7. The third kappa shape index (κ3) is 8.97. The number of rotatable bonds is 11. The molecule has 0 radical (unpaired) electrons. The van der Waals surface area contributed by atoms with Crippen LogP contribution in [0.5, 0.6) is 11.5 Å². The van der Waals surface area contributed by atoms with Crippen molar-refractivity contribution in [1.82, 2.24) is 29.6 Å². The van der Waals surface area contributed by atoms with Crippen LogP contribution in [-0.4, -0.2) is 108 Å². The summed E-state index contributed by atoms with van der Waals surface area (Å²) in [5.41, 5.74) is 1.36. The van der Waals surface area contributed by atoms with Crippen molar-refractivity contribution in [3.05, 3.63) is 93.5 Å². The number of hydrogen-bond donors (Lipinski definition) is 1. The van der Waals surface area contributed by atoms with Crippen molar-refractivity contribution in [1.29, 1.82) is 0 Å². The number of nitrogens with one attached hydrogen (secondary N) is 1. The lowest BCUT2D eigenvalue weighted by molar-refractivity contribution is -0.135. The average molecular weight is 710 g/mol. The summed E-state index contributed by atoms with van der Waals surface area (Å²) in [6.45, 7) is 9.98. The van der Waals surface area contributed by atoms with Crippen molar-refractivity contribution in [2.45, 2.75) is 26.5 Å². The maximum absolute atomic E-state index is 14.3. The monoisotopic (exact) mass is 708 g/mol. The molecule has 1 amide bonds. The summed E-state index contributed by atoms with van der Waals surface area (Å²) in [7, 11) is 0. The number of ether oxygens (including phenoxy) is 2. The summed E-state index contributed by atoms with van der Waals surface area (Å²) >= 11 is 5.95. The SMILES string of the molecule is CC(C)Oc1ccc(C(=O)CN2CCNCC2)cc1-n1c(CN2CCN(C(=O)COc3ccc(Cl)cc3)CC2)nc2ccccc2c1=O.Cl. The number of para-hydroxylation sites is 1. The van der Waals surface area contributed by atoms with E-state index >= 15 is 0 Å². The smallest absolute Gasteiger partial charge is 0.266 e. The number of ketones is 1. The predicted molar refractivity (Wildman–Crippen MR) is 193 cm³/mol. The van der Waals surface area contributed by atoms with Crippen LogP contribution in [0.1, 0.15) is 30.0 Å². The number of Topliss-reactive ketones (excluding diaryl/α,β-unsaturated/α-hetero) is 1. The van der Waals surface area contributed by atoms with E-state index in [9.17, 15) is 14.4 Å². The van der Waals surface area contributed by atoms with Crippen molar-refractivity contribution in [2.75, 3.05) is 65.5 Å². The van der Waals surface area contributed by atoms with Crippen LogP contribution in [0.3, 0.4) is 0 Å². The van der Waals surface area contributed by atoms with Crippen LogP contribution in [0, 0.1) is 0 Å². The average Bonchev–Trinajstić information content (AvgIpc) is 3.09. The second-order valence-electron chi connectivity index (χ2n) is 12.4. The maximum atomic E-state index is 14.3. The zero-order chi connectivity index (χ0) is 33.6. The molecular formula is C36H42Cl2N6O5. The molecule has 6 rings (SSSR count). The molecule has 1 aromatic heterocycles. The second-order valence-corrected chi connectivity index (χ2v) is 12.8. The Hall–Kier alpha value is -4.00. The molecule has 4 aromatic rings. The van der Waals surface area contributed by atoms with E-state index in [-0.39, 0.29) is 42.4 Å². The lowest BCUT2D eigenvalue weighted by atomic mass is 10.1. The quantitative estimate of drug-likeness (QED) is 0.231. The zero-order valence-corrected chi connectivity index (χ0v) is 29.3. The molecule has 2 fully saturated rings. The Bertz CT molecular complexity index is 1820. The fourth-order valence-electron chi connectivity index (χ4n) is 6.04. The van der Waals surface area contributed by atoms with Crippen LogP contribution < -0.4 is 20.3 Å². The van der Waals surface area contributed by atoms with E-state index < -0.39 is 0 Å². The molecule has 13 heteroatoms. The highest BCUT2D eigenvalue weighted by atomic mass is 35.5. The molecule has 260 valence electrons. The fraction of sp³-hybridized carbons (Fsp3) is 0.389. The highest BCUT2D eigenvalue weighted by Crippen LogP contribution is 2.27. The molecule has 0 atom stereocenters. The zero-order valence-electron chi connectivity index (χ0n) is 27.8. The Balaban J connectivity index is 0.00000468. The lowest BCUT2D eigenvalue weighted by Gasteiger charge is -2.34. The van der Waals surface area contributed by atoms with Gasteiger partial charge in [-0.05, 0) is 68.4 Å². The van der Waals surface area contributed by atoms with Gasteiger partial charge in [0.2, 0.25) is 0 Å². The van der Waals surface area contributed by atoms with E-state index in [1.807, 2.05) is 32.0 Å². The van der Waals surface area contributed by atoms with Gasteiger partial charge >= 0.3 is 0 Å². The molecule has 3 heterocycles. The number of aromatic nitrogens is 2. The normalized spacial score (nSPS) is 15.6. The largest absolute Gasteiger partial charge is 0.489 e. The number of benzene rings is 3. The van der Waals surface area contributed by atoms with Crippen LogP contribution in [0.25, 0.3) is 16.6 Å². The van der Waals surface area contributed by atoms with Gasteiger partial charge in [-0.15, -0.1) is 12.4 Å². The van der Waals surface area contributed by atoms with Crippen LogP contribution in [0.4, 0.5) is 0 Å². The summed E-state index contributed by atoms with van der Waals surface area (Å²) < 4.78 is 13.5. The van der Waals surface area contributed by atoms with Gasteiger partial charge in [-0.25, -0.2) is 4.98 Å². The number of nitrogens with zero attached hydrogens (tertiary/aromatic N) is 5. The van der Waals surface area contributed by atoms with E-state index in [1.165, 1.54) is 0 Å². The molecule has 0 aliphatic carbocycles. The van der Waals surface area contributed by atoms with Gasteiger partial charge in [0.05, 0.1) is 35.8 Å². The molecule has 2 saturated heterocycles. The summed E-state index contributed by atoms with van der Waals surface area (Å²) in [6, 6.07) is 19.5. The van der Waals surface area contributed by atoms with Gasteiger partial charge in [-0.2, -0.15) is 0 Å². The fourth-order valence-corrected chi connectivity index (χ4v) is 6.16. The Morgan fingerprint density at radius 1 is 0.918 bits per heavy atom. The van der Waals surface area contributed by atoms with E-state index in [0.717, 1.165) is 26.2 Å². The summed E-state index contributed by atoms with van der Waals surface area (Å²) in [5.74, 6) is 1.51. The Labute approximate surface area is 297 Å². The summed E-state index contributed by atoms with van der Waals surface area (Å²) in [6.07, 6.45) is -0.159. The molecule has 49 heavy (non-hydrogen) atoms. The van der Waals surface area contributed by atoms with E-state index in [4.69, 9.17) is 26.1 Å². The molecular weight excluding hydrogens is 667 g/mol. The van der Waals surface area contributed by atoms with Crippen LogP contribution in [0.15, 0.2) is 71.5 Å². The van der Waals surface area contributed by atoms with Gasteiger partial charge in [0.1, 0.15) is 17.3 Å². The van der Waals surface area contributed by atoms with E-state index in [0.29, 0.717) is 83.8 Å². The topological polar surface area (TPSA) is 109 Å². The van der Waals surface area contributed by atoms with Crippen LogP contribution in [-0.2, 0) is 11.3 Å². The Morgan fingerprint density at radius 2 is 1.63 bits per heavy atom. The van der Waals surface area contributed by atoms with Gasteiger partial charge in [0, 0.05) is 62.9 Å². The second kappa shape index (κ2) is 16.6. The molecule has 0 bridgehead atoms. The van der Waals surface area contributed by atoms with Gasteiger partial charge in [-0.3, -0.25) is 28.8 Å². The van der Waals surface area contributed by atoms with Gasteiger partial charge < -0.3 is 19.7 Å². The lowest BCUT2D eigenvalue weighted by Crippen LogP contribution is -2.50. The van der Waals surface area contributed by atoms with Crippen LogP contribution in [0.2, 0.25) is 5.02 Å². The Kier molecular flexibility index (Phi) is 12.3. The third-order valence-corrected chi connectivity index (χ3v) is 8.82. The number of hydrogen-bond acceptors (Lipinski definition) is 9. The minimum atomic E-state index is -0.232. The molecule has 2 aliphatic heterocycles. The van der Waals surface area contributed by atoms with Crippen LogP contribution >= 0.6 is 24.0 Å². The molecule has 0 spiro atoms. The first-order valence-electron chi connectivity index (χ1n) is 16.4. The predicted octanol–water partition coefficient (Wildman–Crippen LogP) is 4.06. The molecule has 11 nitrogen and oxygen atoms in total. The number of halogens is 2. The number of amides is 1. The Morgan fingerprint density at radius 3 is 2.35 bits per heavy atom. The van der Waals surface area contributed by atoms with Crippen molar-refractivity contribution in [2.24, 2.45) is 0 Å². The van der Waals surface area contributed by atoms with Crippen molar-refractivity contribution >= 4 is 46.6 Å². The summed E-state index contributed by atoms with van der Waals surface area (Å²) in [5, 5.41) is 4.40. The minimum Gasteiger partial charge on any atom is -0.489 e. The standard InChI is InChI=1S/C36H41ClN6O5.ClH/c1-25(2)48-33-12-7-26(32(44)22-40-15-13-38-14-16-40)21-31(33)43-34(39-30-6-4-3-5-29(30)36(43)46)23-41-17-19-42(20-18-41)35(45)24-47-28-10-8-27(37)9-11-28;/h3-12,21,25,38H,13-20,22-24H2,1-2H3;1H. The molecule has 0 saturated carbocycles. The highest BCUT2D eigenvalue weighted by molar-refractivity contribution is 6.30. The number of fused-ring (bicyclic) bond motifs is 1. The van der Waals surface area contributed by atoms with E-state index in [2.05, 4.69) is 15.1 Å². The number of carbonyl (C=O) groups is 2. The van der Waals surface area contributed by atoms with Crippen molar-refractivity contribution in [3.8, 4) is 17.2 Å². The number of carbonyl (C=O) groups excluding carboxylic acids is 2. The van der Waals surface area contributed by atoms with Gasteiger partial charge in [0.15, 0.2) is 12.4 Å². The molecule has 0 unspecified atom stereocenters. The first-order chi connectivity index (χ1) is 23.2. The molecule has 1 N–H and O–H groups in total. The minimum absolute atomic E-state index is 0. The molecule has 3 aromatic carbocycles. The van der Waals surface area contributed by atoms with E-state index in [1.54, 1.807) is 58.0 Å². The first-order valence-corrected chi connectivity index (χ1v) is 16.8. The van der Waals surface area contributed by atoms with Crippen molar-refractivity contribution < 1.29 is 19.1 Å². The third-order valence-electron chi connectivity index (χ3n) is 8.57. The first kappa shape index (κ1) is 36.3. The number of piperazine rings is 2. The highest BCUT2D eigenvalue weighted by Gasteiger charge is 2.25. The van der Waals surface area contributed by atoms with Gasteiger partial charge in [0.25, 0.3) is 11.5 Å².